The third-order valence-corrected chi connectivity index (χ3v) is 3.88. The predicted molar refractivity (Wildman–Crippen MR) is 86.2 cm³/mol. The summed E-state index contributed by atoms with van der Waals surface area (Å²) in [5.41, 5.74) is 0. The van der Waals surface area contributed by atoms with Crippen LogP contribution in [0.4, 0.5) is 0 Å². The average Bonchev–Trinajstić information content (AvgIpc) is 2.51. The topological polar surface area (TPSA) is 148 Å². The van der Waals surface area contributed by atoms with Crippen LogP contribution < -0.4 is 0 Å². The molecule has 0 aromatic carbocycles. The van der Waals surface area contributed by atoms with Gasteiger partial charge in [0.25, 0.3) is 0 Å². The van der Waals surface area contributed by atoms with Gasteiger partial charge in [0, 0.05) is 0 Å². The fourth-order valence-electron chi connectivity index (χ4n) is 2.32. The van der Waals surface area contributed by atoms with Crippen LogP contribution in [0.2, 0.25) is 0 Å². The number of rotatable bonds is 8. The highest BCUT2D eigenvalue weighted by molar-refractivity contribution is 5.67. The number of carboxylic acids is 1. The molecule has 8 nitrogen and oxygen atoms in total. The Balaban J connectivity index is 0.000000446. The number of aliphatic carboxylic acids is 1. The monoisotopic (exact) mass is 352 g/mol. The van der Waals surface area contributed by atoms with Crippen LogP contribution in [0.5, 0.6) is 0 Å². The summed E-state index contributed by atoms with van der Waals surface area (Å²) in [4.78, 5) is 10.2. The number of hydrogen-bond acceptors (Lipinski definition) is 7. The zero-order valence-electron chi connectivity index (χ0n) is 14.4. The summed E-state index contributed by atoms with van der Waals surface area (Å²) in [7, 11) is 0. The number of ether oxygens (including phenoxy) is 1. The van der Waals surface area contributed by atoms with E-state index in [9.17, 15) is 9.90 Å². The highest BCUT2D eigenvalue weighted by Gasteiger charge is 2.40. The average molecular weight is 352 g/mol. The summed E-state index contributed by atoms with van der Waals surface area (Å²) >= 11 is 0. The molecule has 24 heavy (non-hydrogen) atoms. The molecule has 1 saturated heterocycles. The molecule has 0 saturated carbocycles. The maximum absolute atomic E-state index is 10.2. The summed E-state index contributed by atoms with van der Waals surface area (Å²) < 4.78 is 4.68. The Hall–Kier alpha value is -0.770. The van der Waals surface area contributed by atoms with Crippen LogP contribution in [-0.2, 0) is 9.53 Å². The van der Waals surface area contributed by atoms with Crippen LogP contribution in [-0.4, -0.2) is 73.4 Å². The first kappa shape index (κ1) is 23.2. The molecular weight excluding hydrogens is 320 g/mol. The molecule has 1 aliphatic heterocycles. The van der Waals surface area contributed by atoms with Crippen LogP contribution >= 0.6 is 0 Å². The van der Waals surface area contributed by atoms with Crippen molar-refractivity contribution in [1.29, 1.82) is 0 Å². The number of carboxylic acid groups (broad SMARTS) is 1. The van der Waals surface area contributed by atoms with E-state index < -0.39 is 42.8 Å². The highest BCUT2D eigenvalue weighted by Crippen LogP contribution is 2.18. The third kappa shape index (κ3) is 9.51. The molecule has 6 N–H and O–H groups in total. The maximum Gasteiger partial charge on any atom is 0.305 e. The van der Waals surface area contributed by atoms with E-state index in [-0.39, 0.29) is 6.42 Å². The van der Waals surface area contributed by atoms with Crippen molar-refractivity contribution < 1.29 is 40.2 Å². The summed E-state index contributed by atoms with van der Waals surface area (Å²) in [5.74, 6) is -0.916. The quantitative estimate of drug-likeness (QED) is 0.334. The second kappa shape index (κ2) is 12.6. The van der Waals surface area contributed by atoms with E-state index in [1.54, 1.807) is 0 Å². The first-order valence-corrected chi connectivity index (χ1v) is 8.48. The number of aliphatic hydroxyl groups excluding tert-OH is 5. The van der Waals surface area contributed by atoms with E-state index in [0.29, 0.717) is 6.42 Å². The normalized spacial score (nSPS) is 31.0. The van der Waals surface area contributed by atoms with Crippen LogP contribution in [0.3, 0.4) is 0 Å². The van der Waals surface area contributed by atoms with Crippen molar-refractivity contribution in [2.75, 3.05) is 0 Å². The lowest BCUT2D eigenvalue weighted by molar-refractivity contribution is -0.277. The molecule has 0 bridgehead atoms. The highest BCUT2D eigenvalue weighted by atomic mass is 16.6. The van der Waals surface area contributed by atoms with Gasteiger partial charge in [-0.15, -0.1) is 0 Å². The molecule has 0 spiro atoms. The van der Waals surface area contributed by atoms with Crippen molar-refractivity contribution >= 4 is 5.97 Å². The number of hydrogen-bond donors (Lipinski definition) is 6. The van der Waals surface area contributed by atoms with Gasteiger partial charge in [-0.05, 0) is 13.3 Å². The molecule has 6 atom stereocenters. The number of unbranched alkanes of at least 4 members (excludes halogenated alkanes) is 4. The van der Waals surface area contributed by atoms with Crippen LogP contribution in [0.1, 0.15) is 58.8 Å². The minimum Gasteiger partial charge on any atom is -0.481 e. The van der Waals surface area contributed by atoms with Gasteiger partial charge in [-0.1, -0.05) is 39.0 Å². The lowest BCUT2D eigenvalue weighted by Gasteiger charge is -2.36. The van der Waals surface area contributed by atoms with Gasteiger partial charge in [0.1, 0.15) is 18.3 Å². The summed E-state index contributed by atoms with van der Waals surface area (Å²) in [6.07, 6.45) is -0.472. The molecule has 1 aliphatic rings. The van der Waals surface area contributed by atoms with Crippen molar-refractivity contribution in [3.05, 3.63) is 0 Å². The van der Waals surface area contributed by atoms with Gasteiger partial charge in [-0.25, -0.2) is 0 Å². The molecule has 1 rings (SSSR count). The molecule has 1 heterocycles. The fraction of sp³-hybridized carbons (Fsp3) is 0.938. The molecule has 0 amide bonds. The second-order valence-corrected chi connectivity index (χ2v) is 6.16. The molecule has 0 aromatic rings. The zero-order valence-corrected chi connectivity index (χ0v) is 14.4. The van der Waals surface area contributed by atoms with Crippen molar-refractivity contribution in [2.45, 2.75) is 95.6 Å². The maximum atomic E-state index is 10.2. The summed E-state index contributed by atoms with van der Waals surface area (Å²) in [5, 5.41) is 53.5. The Morgan fingerprint density at radius 1 is 1.00 bits per heavy atom. The smallest absolute Gasteiger partial charge is 0.305 e. The molecule has 2 unspecified atom stereocenters. The third-order valence-electron chi connectivity index (χ3n) is 3.88. The minimum atomic E-state index is -1.43. The molecular formula is C16H32O8. The molecule has 1 fully saturated rings. The minimum absolute atomic E-state index is 0.117. The van der Waals surface area contributed by atoms with Gasteiger partial charge in [-0.2, -0.15) is 0 Å². The van der Waals surface area contributed by atoms with Gasteiger partial charge < -0.3 is 35.4 Å². The van der Waals surface area contributed by atoms with Gasteiger partial charge in [0.05, 0.1) is 18.6 Å². The first-order chi connectivity index (χ1) is 11.2. The Labute approximate surface area is 142 Å². The van der Waals surface area contributed by atoms with Crippen molar-refractivity contribution in [3.63, 3.8) is 0 Å². The van der Waals surface area contributed by atoms with E-state index in [1.165, 1.54) is 26.2 Å². The second-order valence-electron chi connectivity index (χ2n) is 6.16. The summed E-state index contributed by atoms with van der Waals surface area (Å²) in [6.45, 7) is 3.66. The van der Waals surface area contributed by atoms with E-state index in [4.69, 9.17) is 25.5 Å². The number of aliphatic hydroxyl groups is 5. The molecule has 0 aliphatic carbocycles. The zero-order chi connectivity index (χ0) is 18.7. The van der Waals surface area contributed by atoms with Crippen molar-refractivity contribution in [2.24, 2.45) is 0 Å². The lowest BCUT2D eigenvalue weighted by atomic mass is 10.0. The molecule has 144 valence electrons. The van der Waals surface area contributed by atoms with E-state index in [2.05, 4.69) is 11.7 Å². The lowest BCUT2D eigenvalue weighted by Crippen LogP contribution is -2.56. The van der Waals surface area contributed by atoms with Gasteiger partial charge in [0.2, 0.25) is 0 Å². The van der Waals surface area contributed by atoms with Gasteiger partial charge >= 0.3 is 5.97 Å². The Bertz CT molecular complexity index is 324. The van der Waals surface area contributed by atoms with E-state index in [1.807, 2.05) is 0 Å². The van der Waals surface area contributed by atoms with Crippen LogP contribution in [0.15, 0.2) is 0 Å². The molecule has 0 radical (unpaired) electrons. The van der Waals surface area contributed by atoms with Crippen molar-refractivity contribution in [1.82, 2.24) is 0 Å². The standard InChI is InChI=1S/C10H20O3.C6H12O5/c1-2-3-4-5-6-7-9(11)8-10(12)13;1-2-3(7)4(8)5(9)6(10)11-2/h9,11H,2-8H2,1H3,(H,12,13);2-10H,1H3/t;2-,3-,4+,5+,6?/m.0/s1. The largest absolute Gasteiger partial charge is 0.481 e. The predicted octanol–water partition coefficient (Wildman–Crippen LogP) is -0.0113. The van der Waals surface area contributed by atoms with Gasteiger partial charge in [-0.3, -0.25) is 4.79 Å². The molecule has 0 aromatic heterocycles. The SMILES string of the molecule is CCCCCCCC(O)CC(=O)O.C[C@@H]1OC(O)[C@H](O)[C@H](O)[C@H]1O. The van der Waals surface area contributed by atoms with E-state index >= 15 is 0 Å². The Morgan fingerprint density at radius 2 is 1.58 bits per heavy atom. The summed E-state index contributed by atoms with van der Waals surface area (Å²) in [6, 6.07) is 0. The Kier molecular flexibility index (Phi) is 12.2. The fourth-order valence-corrected chi connectivity index (χ4v) is 2.32. The Morgan fingerprint density at radius 3 is 2.12 bits per heavy atom. The molecule has 8 heteroatoms. The van der Waals surface area contributed by atoms with Crippen LogP contribution in [0.25, 0.3) is 0 Å². The van der Waals surface area contributed by atoms with E-state index in [0.717, 1.165) is 12.8 Å². The number of carbonyl (C=O) groups is 1. The van der Waals surface area contributed by atoms with Gasteiger partial charge in [0.15, 0.2) is 6.29 Å². The first-order valence-electron chi connectivity index (χ1n) is 8.48. The van der Waals surface area contributed by atoms with Crippen molar-refractivity contribution in [3.8, 4) is 0 Å². The van der Waals surface area contributed by atoms with Crippen LogP contribution in [0, 0.1) is 0 Å².